The van der Waals surface area contributed by atoms with Gasteiger partial charge in [-0.2, -0.15) is 5.10 Å². The molecule has 4 aromatic rings. The molecular weight excluding hydrogens is 352 g/mol. The molecule has 1 atom stereocenters. The number of imidazole rings is 1. The molecule has 1 N–H and O–H groups in total. The van der Waals surface area contributed by atoms with Crippen LogP contribution in [0.3, 0.4) is 0 Å². The number of aromatic nitrogens is 5. The van der Waals surface area contributed by atoms with Crippen LogP contribution in [0.1, 0.15) is 30.0 Å². The number of pyridine rings is 1. The standard InChI is InChI=1S/C21H24N6O/c1-13-8-19-18(24-21(28)27(19)16-5-4-6-25(3)11-16)9-17(13)15-7-14(2)20-22-12-23-26(20)10-15/h7-10,12,16H,4-6,11H2,1-3H3,(H,24,28)/t16-/m1/s1. The Hall–Kier alpha value is -2.93. The first-order valence-corrected chi connectivity index (χ1v) is 9.75. The highest BCUT2D eigenvalue weighted by Gasteiger charge is 2.23. The predicted molar refractivity (Wildman–Crippen MR) is 110 cm³/mol. The van der Waals surface area contributed by atoms with Gasteiger partial charge in [0.05, 0.1) is 17.1 Å². The van der Waals surface area contributed by atoms with Crippen LogP contribution in [0.25, 0.3) is 27.8 Å². The topological polar surface area (TPSA) is 71.2 Å². The van der Waals surface area contributed by atoms with Gasteiger partial charge in [-0.3, -0.25) is 4.57 Å². The summed E-state index contributed by atoms with van der Waals surface area (Å²) in [5, 5.41) is 4.28. The van der Waals surface area contributed by atoms with E-state index < -0.39 is 0 Å². The zero-order valence-electron chi connectivity index (χ0n) is 16.4. The van der Waals surface area contributed by atoms with Crippen molar-refractivity contribution in [1.29, 1.82) is 0 Å². The Bertz CT molecular complexity index is 1250. The summed E-state index contributed by atoms with van der Waals surface area (Å²) in [5.41, 5.74) is 7.11. The minimum Gasteiger partial charge on any atom is -0.306 e. The van der Waals surface area contributed by atoms with Crippen LogP contribution in [0.4, 0.5) is 0 Å². The number of fused-ring (bicyclic) bond motifs is 2. The van der Waals surface area contributed by atoms with Gasteiger partial charge in [-0.05, 0) is 75.2 Å². The molecule has 4 heterocycles. The third-order valence-electron chi connectivity index (χ3n) is 5.90. The predicted octanol–water partition coefficient (Wildman–Crippen LogP) is 2.92. The fraction of sp³-hybridized carbons (Fsp3) is 0.381. The molecule has 0 unspecified atom stereocenters. The van der Waals surface area contributed by atoms with Crippen LogP contribution in [-0.2, 0) is 0 Å². The lowest BCUT2D eigenvalue weighted by atomic mass is 9.99. The molecule has 1 aromatic carbocycles. The number of H-pyrrole nitrogens is 1. The molecule has 7 heteroatoms. The number of benzene rings is 1. The molecular formula is C21H24N6O. The van der Waals surface area contributed by atoms with Crippen molar-refractivity contribution < 1.29 is 0 Å². The number of hydrogen-bond acceptors (Lipinski definition) is 4. The van der Waals surface area contributed by atoms with Gasteiger partial charge < -0.3 is 9.88 Å². The van der Waals surface area contributed by atoms with Crippen molar-refractivity contribution in [3.05, 3.63) is 52.3 Å². The summed E-state index contributed by atoms with van der Waals surface area (Å²) in [6, 6.07) is 6.58. The van der Waals surface area contributed by atoms with Gasteiger partial charge in [-0.25, -0.2) is 14.3 Å². The van der Waals surface area contributed by atoms with Crippen molar-refractivity contribution in [2.45, 2.75) is 32.7 Å². The Balaban J connectivity index is 1.66. The molecule has 7 nitrogen and oxygen atoms in total. The maximum absolute atomic E-state index is 12.8. The molecule has 0 radical (unpaired) electrons. The van der Waals surface area contributed by atoms with Crippen molar-refractivity contribution in [2.24, 2.45) is 0 Å². The van der Waals surface area contributed by atoms with E-state index in [0.717, 1.165) is 64.9 Å². The van der Waals surface area contributed by atoms with E-state index in [9.17, 15) is 4.79 Å². The summed E-state index contributed by atoms with van der Waals surface area (Å²) in [4.78, 5) is 22.4. The van der Waals surface area contributed by atoms with Crippen LogP contribution in [0, 0.1) is 13.8 Å². The van der Waals surface area contributed by atoms with Crippen molar-refractivity contribution in [1.82, 2.24) is 29.0 Å². The largest absolute Gasteiger partial charge is 0.326 e. The van der Waals surface area contributed by atoms with E-state index in [2.05, 4.69) is 52.1 Å². The van der Waals surface area contributed by atoms with Gasteiger partial charge in [0.1, 0.15) is 6.33 Å². The Morgan fingerprint density at radius 2 is 2.04 bits per heavy atom. The summed E-state index contributed by atoms with van der Waals surface area (Å²) >= 11 is 0. The van der Waals surface area contributed by atoms with Crippen LogP contribution in [0.15, 0.2) is 35.5 Å². The van der Waals surface area contributed by atoms with E-state index in [1.165, 1.54) is 0 Å². The number of likely N-dealkylation sites (N-methyl/N-ethyl adjacent to an activating group) is 1. The molecule has 0 amide bonds. The molecule has 0 saturated carbocycles. The van der Waals surface area contributed by atoms with Gasteiger partial charge >= 0.3 is 5.69 Å². The van der Waals surface area contributed by atoms with Crippen LogP contribution in [-0.4, -0.2) is 49.2 Å². The lowest BCUT2D eigenvalue weighted by Gasteiger charge is -2.30. The quantitative estimate of drug-likeness (QED) is 0.584. The number of likely N-dealkylation sites (tertiary alicyclic amines) is 1. The van der Waals surface area contributed by atoms with Gasteiger partial charge in [0.2, 0.25) is 0 Å². The zero-order valence-corrected chi connectivity index (χ0v) is 16.4. The highest BCUT2D eigenvalue weighted by atomic mass is 16.1. The first-order valence-electron chi connectivity index (χ1n) is 9.75. The lowest BCUT2D eigenvalue weighted by Crippen LogP contribution is -2.36. The number of aromatic amines is 1. The molecule has 0 aliphatic carbocycles. The SMILES string of the molecule is Cc1cc2c(cc1-c1cc(C)c3ncnn3c1)[nH]c(=O)n2[C@@H]1CCCN(C)C1. The summed E-state index contributed by atoms with van der Waals surface area (Å²) in [7, 11) is 2.12. The number of nitrogens with zero attached hydrogens (tertiary/aromatic N) is 5. The average Bonchev–Trinajstić information content (AvgIpc) is 3.24. The molecule has 5 rings (SSSR count). The maximum Gasteiger partial charge on any atom is 0.326 e. The summed E-state index contributed by atoms with van der Waals surface area (Å²) in [6.45, 7) is 6.15. The molecule has 0 spiro atoms. The van der Waals surface area contributed by atoms with Crippen molar-refractivity contribution >= 4 is 16.7 Å². The second kappa shape index (κ2) is 6.31. The van der Waals surface area contributed by atoms with Crippen LogP contribution < -0.4 is 5.69 Å². The van der Waals surface area contributed by atoms with Crippen molar-refractivity contribution in [3.8, 4) is 11.1 Å². The summed E-state index contributed by atoms with van der Waals surface area (Å²) in [6.07, 6.45) is 5.73. The third kappa shape index (κ3) is 2.65. The molecule has 1 aliphatic heterocycles. The Morgan fingerprint density at radius 1 is 1.18 bits per heavy atom. The molecule has 28 heavy (non-hydrogen) atoms. The molecule has 144 valence electrons. The summed E-state index contributed by atoms with van der Waals surface area (Å²) < 4.78 is 3.76. The number of hydrogen-bond donors (Lipinski definition) is 1. The highest BCUT2D eigenvalue weighted by molar-refractivity contribution is 5.84. The van der Waals surface area contributed by atoms with Crippen LogP contribution >= 0.6 is 0 Å². The third-order valence-corrected chi connectivity index (χ3v) is 5.90. The number of aryl methyl sites for hydroxylation is 2. The van der Waals surface area contributed by atoms with Crippen LogP contribution in [0.2, 0.25) is 0 Å². The second-order valence-electron chi connectivity index (χ2n) is 7.98. The van der Waals surface area contributed by atoms with E-state index >= 15 is 0 Å². The monoisotopic (exact) mass is 376 g/mol. The first kappa shape index (κ1) is 17.2. The van der Waals surface area contributed by atoms with Gasteiger partial charge in [0.25, 0.3) is 0 Å². The van der Waals surface area contributed by atoms with Gasteiger partial charge in [-0.15, -0.1) is 0 Å². The normalized spacial score (nSPS) is 18.3. The Kier molecular flexibility index (Phi) is 3.87. The fourth-order valence-corrected chi connectivity index (χ4v) is 4.54. The van der Waals surface area contributed by atoms with E-state index in [1.54, 1.807) is 10.8 Å². The number of rotatable bonds is 2. The van der Waals surface area contributed by atoms with E-state index in [4.69, 9.17) is 0 Å². The molecule has 0 bridgehead atoms. The molecule has 1 saturated heterocycles. The first-order chi connectivity index (χ1) is 13.5. The maximum atomic E-state index is 12.8. The highest BCUT2D eigenvalue weighted by Crippen LogP contribution is 2.30. The second-order valence-corrected chi connectivity index (χ2v) is 7.98. The van der Waals surface area contributed by atoms with E-state index in [0.29, 0.717) is 0 Å². The molecule has 1 fully saturated rings. The fourth-order valence-electron chi connectivity index (χ4n) is 4.54. The van der Waals surface area contributed by atoms with Gasteiger partial charge in [-0.1, -0.05) is 0 Å². The Labute approximate surface area is 162 Å². The van der Waals surface area contributed by atoms with Crippen molar-refractivity contribution in [3.63, 3.8) is 0 Å². The zero-order chi connectivity index (χ0) is 19.4. The van der Waals surface area contributed by atoms with E-state index in [1.807, 2.05) is 17.7 Å². The van der Waals surface area contributed by atoms with Crippen molar-refractivity contribution in [2.75, 3.05) is 20.1 Å². The smallest absolute Gasteiger partial charge is 0.306 e. The van der Waals surface area contributed by atoms with Crippen LogP contribution in [0.5, 0.6) is 0 Å². The minimum absolute atomic E-state index is 0.0187. The van der Waals surface area contributed by atoms with Gasteiger partial charge in [0.15, 0.2) is 5.65 Å². The number of nitrogens with one attached hydrogen (secondary N) is 1. The minimum atomic E-state index is -0.0187. The lowest BCUT2D eigenvalue weighted by molar-refractivity contribution is 0.212. The molecule has 1 aliphatic rings. The Morgan fingerprint density at radius 3 is 2.86 bits per heavy atom. The number of piperidine rings is 1. The molecule has 3 aromatic heterocycles. The van der Waals surface area contributed by atoms with E-state index in [-0.39, 0.29) is 11.7 Å². The average molecular weight is 376 g/mol. The summed E-state index contributed by atoms with van der Waals surface area (Å²) in [5.74, 6) is 0. The van der Waals surface area contributed by atoms with Gasteiger partial charge in [0, 0.05) is 18.3 Å².